The highest BCUT2D eigenvalue weighted by Gasteiger charge is 2.57. The van der Waals surface area contributed by atoms with E-state index in [0.717, 1.165) is 5.56 Å². The second-order valence-electron chi connectivity index (χ2n) is 7.92. The second-order valence-corrected chi connectivity index (χ2v) is 7.92. The first kappa shape index (κ1) is 21.7. The fourth-order valence-electron chi connectivity index (χ4n) is 4.91. The Hall–Kier alpha value is -3.55. The molecule has 0 radical (unpaired) electrons. The summed E-state index contributed by atoms with van der Waals surface area (Å²) in [6.45, 7) is -0.120. The molecule has 0 saturated heterocycles. The molecule has 168 valence electrons. The number of ether oxygens (including phenoxy) is 4. The van der Waals surface area contributed by atoms with Gasteiger partial charge in [0.05, 0.1) is 39.1 Å². The zero-order valence-corrected chi connectivity index (χ0v) is 18.0. The predicted molar refractivity (Wildman–Crippen MR) is 112 cm³/mol. The van der Waals surface area contributed by atoms with Gasteiger partial charge >= 0.3 is 11.9 Å². The topological polar surface area (TPSA) is 108 Å². The molecule has 8 nitrogen and oxygen atoms in total. The van der Waals surface area contributed by atoms with Crippen molar-refractivity contribution in [3.8, 4) is 17.2 Å². The van der Waals surface area contributed by atoms with Crippen molar-refractivity contribution in [2.45, 2.75) is 24.9 Å². The van der Waals surface area contributed by atoms with E-state index in [1.165, 1.54) is 21.3 Å². The van der Waals surface area contributed by atoms with Crippen LogP contribution in [0.1, 0.15) is 34.9 Å². The molecule has 0 aromatic heterocycles. The third kappa shape index (κ3) is 3.55. The van der Waals surface area contributed by atoms with Gasteiger partial charge in [0, 0.05) is 24.0 Å². The van der Waals surface area contributed by atoms with Crippen LogP contribution in [-0.2, 0) is 25.7 Å². The van der Waals surface area contributed by atoms with Gasteiger partial charge in [-0.25, -0.2) is 0 Å². The molecule has 2 bridgehead atoms. The number of esters is 1. The van der Waals surface area contributed by atoms with Gasteiger partial charge in [-0.1, -0.05) is 6.07 Å². The van der Waals surface area contributed by atoms with Crippen LogP contribution in [0.25, 0.3) is 0 Å². The number of fused-ring (bicyclic) bond motifs is 2. The molecule has 2 aromatic rings. The van der Waals surface area contributed by atoms with Crippen molar-refractivity contribution in [3.63, 3.8) is 0 Å². The summed E-state index contributed by atoms with van der Waals surface area (Å²) in [6.07, 6.45) is 0.0943. The molecule has 3 aliphatic rings. The Labute approximate surface area is 185 Å². The number of carbonyl (C=O) groups is 3. The van der Waals surface area contributed by atoms with Crippen LogP contribution in [0.2, 0.25) is 0 Å². The van der Waals surface area contributed by atoms with Gasteiger partial charge < -0.3 is 24.1 Å². The van der Waals surface area contributed by atoms with Crippen molar-refractivity contribution in [3.05, 3.63) is 53.1 Å². The van der Waals surface area contributed by atoms with Crippen molar-refractivity contribution in [1.29, 1.82) is 0 Å². The molecule has 0 spiro atoms. The standard InChI is InChI=1S/C24H24O8/c1-29-13-6-7-15-16(8-13)20-18(25)10-17(15)21(23(26)27)22(20)24(28)32-11-12-4-5-14(30-2)9-19(12)31-3/h4-9,17,20-22H,10-11H2,1-3H3,(H,26,27). The first-order valence-corrected chi connectivity index (χ1v) is 10.2. The van der Waals surface area contributed by atoms with Crippen LogP contribution in [0.3, 0.4) is 0 Å². The zero-order valence-electron chi connectivity index (χ0n) is 18.0. The largest absolute Gasteiger partial charge is 0.497 e. The Bertz CT molecular complexity index is 1080. The van der Waals surface area contributed by atoms with Crippen LogP contribution in [0.5, 0.6) is 17.2 Å². The van der Waals surface area contributed by atoms with Gasteiger partial charge in [0.25, 0.3) is 0 Å². The van der Waals surface area contributed by atoms with Crippen LogP contribution in [0.4, 0.5) is 0 Å². The lowest BCUT2D eigenvalue weighted by Gasteiger charge is -2.45. The number of Topliss-reactive ketones (excluding diaryl/α,β-unsaturated/α-hetero) is 1. The number of ketones is 1. The van der Waals surface area contributed by atoms with E-state index in [1.54, 1.807) is 36.4 Å². The maximum absolute atomic E-state index is 13.2. The van der Waals surface area contributed by atoms with Gasteiger partial charge in [-0.15, -0.1) is 0 Å². The van der Waals surface area contributed by atoms with Crippen molar-refractivity contribution in [2.24, 2.45) is 11.8 Å². The van der Waals surface area contributed by atoms with E-state index >= 15 is 0 Å². The smallest absolute Gasteiger partial charge is 0.311 e. The lowest BCUT2D eigenvalue weighted by Crippen LogP contribution is -2.50. The molecule has 4 atom stereocenters. The maximum atomic E-state index is 13.2. The first-order chi connectivity index (χ1) is 15.4. The number of carbonyl (C=O) groups excluding carboxylic acids is 2. The third-order valence-corrected chi connectivity index (χ3v) is 6.40. The first-order valence-electron chi connectivity index (χ1n) is 10.2. The van der Waals surface area contributed by atoms with Crippen molar-refractivity contribution >= 4 is 17.7 Å². The molecule has 32 heavy (non-hydrogen) atoms. The number of rotatable bonds is 7. The van der Waals surface area contributed by atoms with E-state index in [2.05, 4.69) is 0 Å². The molecule has 0 amide bonds. The highest BCUT2D eigenvalue weighted by atomic mass is 16.5. The number of carboxylic acid groups (broad SMARTS) is 1. The average molecular weight is 440 g/mol. The number of benzene rings is 2. The van der Waals surface area contributed by atoms with Gasteiger partial charge in [0.15, 0.2) is 0 Å². The second kappa shape index (κ2) is 8.53. The molecule has 1 fully saturated rings. The molecular weight excluding hydrogens is 416 g/mol. The Morgan fingerprint density at radius 3 is 2.28 bits per heavy atom. The fourth-order valence-corrected chi connectivity index (χ4v) is 4.91. The summed E-state index contributed by atoms with van der Waals surface area (Å²) in [5, 5.41) is 9.94. The summed E-state index contributed by atoms with van der Waals surface area (Å²) in [7, 11) is 4.53. The summed E-state index contributed by atoms with van der Waals surface area (Å²) in [4.78, 5) is 38.2. The molecule has 4 unspecified atom stereocenters. The molecule has 1 N–H and O–H groups in total. The normalized spacial score (nSPS) is 23.3. The number of hydrogen-bond donors (Lipinski definition) is 1. The van der Waals surface area contributed by atoms with Crippen LogP contribution < -0.4 is 14.2 Å². The van der Waals surface area contributed by atoms with E-state index in [0.29, 0.717) is 28.4 Å². The van der Waals surface area contributed by atoms with Gasteiger partial charge in [-0.3, -0.25) is 14.4 Å². The van der Waals surface area contributed by atoms with Gasteiger partial charge in [-0.05, 0) is 35.4 Å². The number of aliphatic carboxylic acids is 1. The molecule has 2 aromatic carbocycles. The monoisotopic (exact) mass is 440 g/mol. The van der Waals surface area contributed by atoms with Crippen LogP contribution in [0, 0.1) is 11.8 Å². The minimum absolute atomic E-state index is 0.0943. The lowest BCUT2D eigenvalue weighted by atomic mass is 9.55. The summed E-state index contributed by atoms with van der Waals surface area (Å²) >= 11 is 0. The predicted octanol–water partition coefficient (Wildman–Crippen LogP) is 2.93. The Morgan fingerprint density at radius 1 is 0.938 bits per heavy atom. The molecule has 3 aliphatic carbocycles. The number of methoxy groups -OCH3 is 3. The molecule has 0 heterocycles. The minimum Gasteiger partial charge on any atom is -0.497 e. The highest BCUT2D eigenvalue weighted by Crippen LogP contribution is 2.55. The summed E-state index contributed by atoms with van der Waals surface area (Å²) in [5.41, 5.74) is 2.03. The zero-order chi connectivity index (χ0) is 23.0. The molecule has 8 heteroatoms. The summed E-state index contributed by atoms with van der Waals surface area (Å²) < 4.78 is 21.3. The van der Waals surface area contributed by atoms with Crippen molar-refractivity contribution in [1.82, 2.24) is 0 Å². The van der Waals surface area contributed by atoms with E-state index in [9.17, 15) is 19.5 Å². The van der Waals surface area contributed by atoms with Gasteiger partial charge in [0.1, 0.15) is 29.6 Å². The minimum atomic E-state index is -1.11. The number of carboxylic acids is 1. The molecule has 1 saturated carbocycles. The quantitative estimate of drug-likeness (QED) is 0.655. The third-order valence-electron chi connectivity index (χ3n) is 6.40. The Balaban J connectivity index is 1.65. The average Bonchev–Trinajstić information content (AvgIpc) is 2.81. The van der Waals surface area contributed by atoms with Crippen LogP contribution in [-0.4, -0.2) is 44.2 Å². The van der Waals surface area contributed by atoms with Crippen molar-refractivity contribution in [2.75, 3.05) is 21.3 Å². The Kier molecular flexibility index (Phi) is 5.78. The van der Waals surface area contributed by atoms with E-state index in [-0.39, 0.29) is 18.8 Å². The fraction of sp³-hybridized carbons (Fsp3) is 0.375. The van der Waals surface area contributed by atoms with E-state index in [4.69, 9.17) is 18.9 Å². The van der Waals surface area contributed by atoms with Gasteiger partial charge in [-0.2, -0.15) is 0 Å². The van der Waals surface area contributed by atoms with Crippen molar-refractivity contribution < 1.29 is 38.4 Å². The number of hydrogen-bond acceptors (Lipinski definition) is 7. The van der Waals surface area contributed by atoms with E-state index in [1.807, 2.05) is 0 Å². The molecular formula is C24H24O8. The van der Waals surface area contributed by atoms with Gasteiger partial charge in [0.2, 0.25) is 0 Å². The van der Waals surface area contributed by atoms with Crippen LogP contribution in [0.15, 0.2) is 36.4 Å². The summed E-state index contributed by atoms with van der Waals surface area (Å²) in [6, 6.07) is 10.3. The summed E-state index contributed by atoms with van der Waals surface area (Å²) in [5.74, 6) is -3.98. The van der Waals surface area contributed by atoms with Crippen LogP contribution >= 0.6 is 0 Å². The highest BCUT2D eigenvalue weighted by molar-refractivity contribution is 5.99. The maximum Gasteiger partial charge on any atom is 0.311 e. The SMILES string of the molecule is COc1ccc(COC(=O)C2C3C(=O)CC(c4ccc(OC)cc43)C2C(=O)O)c(OC)c1. The lowest BCUT2D eigenvalue weighted by molar-refractivity contribution is -0.165. The molecule has 5 rings (SSSR count). The Morgan fingerprint density at radius 2 is 1.62 bits per heavy atom. The molecule has 0 aliphatic heterocycles. The van der Waals surface area contributed by atoms with E-state index < -0.39 is 35.6 Å².